The molecular formula is C9H12N2O. The number of hydrogen-bond acceptors (Lipinski definition) is 3. The van der Waals surface area contributed by atoms with Crippen molar-refractivity contribution >= 4 is 0 Å². The second-order valence-electron chi connectivity index (χ2n) is 2.41. The Bertz CT molecular complexity index is 268. The molecule has 64 valence electrons. The lowest BCUT2D eigenvalue weighted by Crippen LogP contribution is -2.27. The summed E-state index contributed by atoms with van der Waals surface area (Å²) in [5.41, 5.74) is 3.70. The minimum atomic E-state index is 0.0659. The van der Waals surface area contributed by atoms with Crippen molar-refractivity contribution in [3.8, 4) is 11.8 Å². The predicted molar refractivity (Wildman–Crippen MR) is 46.8 cm³/mol. The number of nitrogens with two attached hydrogens (primary N) is 1. The fourth-order valence-electron chi connectivity index (χ4n) is 0.950. The Morgan fingerprint density at radius 1 is 1.75 bits per heavy atom. The Hall–Kier alpha value is -1.24. The Morgan fingerprint density at radius 2 is 2.58 bits per heavy atom. The summed E-state index contributed by atoms with van der Waals surface area (Å²) in [7, 11) is 0. The van der Waals surface area contributed by atoms with Crippen molar-refractivity contribution in [1.29, 1.82) is 0 Å². The highest BCUT2D eigenvalue weighted by atomic mass is 16.3. The largest absolute Gasteiger partial charge is 0.472 e. The van der Waals surface area contributed by atoms with E-state index in [0.29, 0.717) is 6.42 Å². The van der Waals surface area contributed by atoms with Gasteiger partial charge in [0, 0.05) is 12.0 Å². The Morgan fingerprint density at radius 3 is 3.08 bits per heavy atom. The second kappa shape index (κ2) is 4.60. The molecule has 0 bridgehead atoms. The van der Waals surface area contributed by atoms with Gasteiger partial charge in [-0.2, -0.15) is 0 Å². The molecule has 0 aliphatic rings. The van der Waals surface area contributed by atoms with Crippen molar-refractivity contribution in [1.82, 2.24) is 5.43 Å². The average molecular weight is 164 g/mol. The molecule has 12 heavy (non-hydrogen) atoms. The molecule has 1 rings (SSSR count). The van der Waals surface area contributed by atoms with Crippen LogP contribution in [0, 0.1) is 11.8 Å². The highest BCUT2D eigenvalue weighted by molar-refractivity contribution is 5.14. The molecule has 0 radical (unpaired) electrons. The molecule has 0 aliphatic carbocycles. The smallest absolute Gasteiger partial charge is 0.0951 e. The number of hydrogen-bond donors (Lipinski definition) is 2. The summed E-state index contributed by atoms with van der Waals surface area (Å²) >= 11 is 0. The third-order valence-electron chi connectivity index (χ3n) is 1.63. The van der Waals surface area contributed by atoms with Gasteiger partial charge in [-0.05, 0) is 13.0 Å². The fraction of sp³-hybridized carbons (Fsp3) is 0.333. The minimum absolute atomic E-state index is 0.0659. The number of hydrazine groups is 1. The molecular weight excluding hydrogens is 152 g/mol. The topological polar surface area (TPSA) is 51.2 Å². The van der Waals surface area contributed by atoms with E-state index in [2.05, 4.69) is 17.3 Å². The SMILES string of the molecule is CC#CCC(NN)c1ccoc1. The van der Waals surface area contributed by atoms with Crippen LogP contribution in [0.25, 0.3) is 0 Å². The number of rotatable bonds is 3. The molecule has 3 nitrogen and oxygen atoms in total. The monoisotopic (exact) mass is 164 g/mol. The van der Waals surface area contributed by atoms with E-state index in [-0.39, 0.29) is 6.04 Å². The summed E-state index contributed by atoms with van der Waals surface area (Å²) in [5, 5.41) is 0. The van der Waals surface area contributed by atoms with Gasteiger partial charge in [-0.25, -0.2) is 0 Å². The zero-order chi connectivity index (χ0) is 8.81. The van der Waals surface area contributed by atoms with Crippen LogP contribution in [0.3, 0.4) is 0 Å². The van der Waals surface area contributed by atoms with Crippen molar-refractivity contribution in [3.63, 3.8) is 0 Å². The summed E-state index contributed by atoms with van der Waals surface area (Å²) in [6.45, 7) is 1.81. The van der Waals surface area contributed by atoms with E-state index in [9.17, 15) is 0 Å². The number of furan rings is 1. The van der Waals surface area contributed by atoms with Crippen molar-refractivity contribution in [2.75, 3.05) is 0 Å². The Labute approximate surface area is 71.9 Å². The summed E-state index contributed by atoms with van der Waals surface area (Å²) in [6.07, 6.45) is 3.99. The van der Waals surface area contributed by atoms with Gasteiger partial charge < -0.3 is 4.42 Å². The van der Waals surface area contributed by atoms with Gasteiger partial charge in [-0.3, -0.25) is 11.3 Å². The lowest BCUT2D eigenvalue weighted by Gasteiger charge is -2.09. The van der Waals surface area contributed by atoms with Gasteiger partial charge in [-0.15, -0.1) is 11.8 Å². The van der Waals surface area contributed by atoms with Crippen LogP contribution in [0.1, 0.15) is 24.9 Å². The van der Waals surface area contributed by atoms with Crippen LogP contribution in [0.15, 0.2) is 23.0 Å². The minimum Gasteiger partial charge on any atom is -0.472 e. The molecule has 1 heterocycles. The van der Waals surface area contributed by atoms with Crippen LogP contribution < -0.4 is 11.3 Å². The summed E-state index contributed by atoms with van der Waals surface area (Å²) in [6, 6.07) is 1.94. The van der Waals surface area contributed by atoms with Gasteiger partial charge in [0.15, 0.2) is 0 Å². The Kier molecular flexibility index (Phi) is 3.39. The second-order valence-corrected chi connectivity index (χ2v) is 2.41. The van der Waals surface area contributed by atoms with E-state index >= 15 is 0 Å². The first kappa shape index (κ1) is 8.85. The van der Waals surface area contributed by atoms with E-state index in [1.807, 2.05) is 13.0 Å². The van der Waals surface area contributed by atoms with Gasteiger partial charge in [-0.1, -0.05) is 0 Å². The molecule has 0 spiro atoms. The standard InChI is InChI=1S/C9H12N2O/c1-2-3-4-9(11-10)8-5-6-12-7-8/h5-7,9,11H,4,10H2,1H3. The molecule has 0 saturated heterocycles. The summed E-state index contributed by atoms with van der Waals surface area (Å²) in [5.74, 6) is 11.1. The maximum atomic E-state index is 5.35. The van der Waals surface area contributed by atoms with Crippen molar-refractivity contribution in [3.05, 3.63) is 24.2 Å². The van der Waals surface area contributed by atoms with Crippen LogP contribution in [0.4, 0.5) is 0 Å². The molecule has 1 aromatic rings. The molecule has 1 aromatic heterocycles. The van der Waals surface area contributed by atoms with Crippen LogP contribution in [0.5, 0.6) is 0 Å². The maximum Gasteiger partial charge on any atom is 0.0951 e. The van der Waals surface area contributed by atoms with E-state index in [4.69, 9.17) is 10.3 Å². The van der Waals surface area contributed by atoms with Gasteiger partial charge in [0.25, 0.3) is 0 Å². The molecule has 0 amide bonds. The maximum absolute atomic E-state index is 5.35. The van der Waals surface area contributed by atoms with Crippen LogP contribution >= 0.6 is 0 Å². The third-order valence-corrected chi connectivity index (χ3v) is 1.63. The highest BCUT2D eigenvalue weighted by Crippen LogP contribution is 2.14. The van der Waals surface area contributed by atoms with E-state index in [1.165, 1.54) is 0 Å². The van der Waals surface area contributed by atoms with Crippen LogP contribution in [-0.2, 0) is 0 Å². The first-order chi connectivity index (χ1) is 5.88. The molecule has 0 aliphatic heterocycles. The lowest BCUT2D eigenvalue weighted by atomic mass is 10.1. The molecule has 3 heteroatoms. The molecule has 1 atom stereocenters. The van der Waals surface area contributed by atoms with E-state index in [1.54, 1.807) is 12.5 Å². The van der Waals surface area contributed by atoms with Gasteiger partial charge in [0.1, 0.15) is 0 Å². The van der Waals surface area contributed by atoms with Gasteiger partial charge in [0.05, 0.1) is 18.6 Å². The van der Waals surface area contributed by atoms with Crippen molar-refractivity contribution in [2.24, 2.45) is 5.84 Å². The molecule has 0 fully saturated rings. The van der Waals surface area contributed by atoms with Crippen LogP contribution in [-0.4, -0.2) is 0 Å². The lowest BCUT2D eigenvalue weighted by molar-refractivity contribution is 0.534. The highest BCUT2D eigenvalue weighted by Gasteiger charge is 2.07. The average Bonchev–Trinajstić information content (AvgIpc) is 2.59. The first-order valence-electron chi connectivity index (χ1n) is 3.76. The zero-order valence-corrected chi connectivity index (χ0v) is 7.00. The van der Waals surface area contributed by atoms with Gasteiger partial charge >= 0.3 is 0 Å². The third kappa shape index (κ3) is 2.12. The Balaban J connectivity index is 2.61. The van der Waals surface area contributed by atoms with E-state index in [0.717, 1.165) is 5.56 Å². The fourth-order valence-corrected chi connectivity index (χ4v) is 0.950. The first-order valence-corrected chi connectivity index (χ1v) is 3.76. The summed E-state index contributed by atoms with van der Waals surface area (Å²) < 4.78 is 4.93. The van der Waals surface area contributed by atoms with Gasteiger partial charge in [0.2, 0.25) is 0 Å². The molecule has 3 N–H and O–H groups in total. The van der Waals surface area contributed by atoms with E-state index < -0.39 is 0 Å². The molecule has 1 unspecified atom stereocenters. The predicted octanol–water partition coefficient (Wildman–Crippen LogP) is 1.20. The van der Waals surface area contributed by atoms with Crippen LogP contribution in [0.2, 0.25) is 0 Å². The van der Waals surface area contributed by atoms with Crippen molar-refractivity contribution < 1.29 is 4.42 Å². The zero-order valence-electron chi connectivity index (χ0n) is 7.00. The quantitative estimate of drug-likeness (QED) is 0.401. The number of nitrogens with one attached hydrogen (secondary N) is 1. The molecule has 0 saturated carbocycles. The summed E-state index contributed by atoms with van der Waals surface area (Å²) in [4.78, 5) is 0. The molecule has 0 aromatic carbocycles. The normalized spacial score (nSPS) is 11.8. The van der Waals surface area contributed by atoms with Crippen molar-refractivity contribution in [2.45, 2.75) is 19.4 Å².